The highest BCUT2D eigenvalue weighted by Gasteiger charge is 2.34. The first-order chi connectivity index (χ1) is 5.15. The number of methoxy groups -OCH3 is 1. The van der Waals surface area contributed by atoms with Gasteiger partial charge in [0.05, 0.1) is 12.2 Å². The fraction of sp³-hybridized carbons (Fsp3) is 1.00. The monoisotopic (exact) mass is 162 g/mol. The standard InChI is InChI=1S/C7H14O4/c1-4-3-5(8)6(10-2)7(9)11-4/h4-9H,3H2,1-2H3/t4?,5?,6-,7?/m1/s1. The Morgan fingerprint density at radius 1 is 1.45 bits per heavy atom. The molecule has 0 aromatic heterocycles. The summed E-state index contributed by atoms with van der Waals surface area (Å²) in [5.41, 5.74) is 0. The first-order valence-electron chi connectivity index (χ1n) is 3.69. The molecule has 66 valence electrons. The van der Waals surface area contributed by atoms with E-state index in [-0.39, 0.29) is 6.10 Å². The molecule has 1 aliphatic rings. The second kappa shape index (κ2) is 3.49. The third-order valence-corrected chi connectivity index (χ3v) is 1.88. The Labute approximate surface area is 65.7 Å². The van der Waals surface area contributed by atoms with Crippen LogP contribution in [0.5, 0.6) is 0 Å². The molecule has 4 atom stereocenters. The molecule has 1 fully saturated rings. The molecule has 0 bridgehead atoms. The zero-order valence-corrected chi connectivity index (χ0v) is 6.73. The average Bonchev–Trinajstić information content (AvgIpc) is 1.85. The fourth-order valence-electron chi connectivity index (χ4n) is 1.31. The highest BCUT2D eigenvalue weighted by Crippen LogP contribution is 2.20. The highest BCUT2D eigenvalue weighted by molar-refractivity contribution is 4.79. The molecular formula is C7H14O4. The third kappa shape index (κ3) is 1.90. The van der Waals surface area contributed by atoms with Gasteiger partial charge in [0.25, 0.3) is 0 Å². The van der Waals surface area contributed by atoms with E-state index in [4.69, 9.17) is 9.47 Å². The molecule has 4 heteroatoms. The highest BCUT2D eigenvalue weighted by atomic mass is 16.6. The lowest BCUT2D eigenvalue weighted by Gasteiger charge is -2.34. The molecular weight excluding hydrogens is 148 g/mol. The predicted molar refractivity (Wildman–Crippen MR) is 38.0 cm³/mol. The van der Waals surface area contributed by atoms with E-state index < -0.39 is 18.5 Å². The Kier molecular flexibility index (Phi) is 2.84. The van der Waals surface area contributed by atoms with Crippen LogP contribution in [-0.2, 0) is 9.47 Å². The van der Waals surface area contributed by atoms with E-state index in [2.05, 4.69) is 0 Å². The third-order valence-electron chi connectivity index (χ3n) is 1.88. The maximum absolute atomic E-state index is 9.34. The van der Waals surface area contributed by atoms with Crippen molar-refractivity contribution in [3.05, 3.63) is 0 Å². The summed E-state index contributed by atoms with van der Waals surface area (Å²) >= 11 is 0. The summed E-state index contributed by atoms with van der Waals surface area (Å²) in [5.74, 6) is 0. The van der Waals surface area contributed by atoms with E-state index in [0.29, 0.717) is 6.42 Å². The SMILES string of the molecule is CO[C@@H]1C(O)CC(C)OC1O. The van der Waals surface area contributed by atoms with Crippen molar-refractivity contribution in [1.29, 1.82) is 0 Å². The lowest BCUT2D eigenvalue weighted by molar-refractivity contribution is -0.249. The van der Waals surface area contributed by atoms with E-state index in [0.717, 1.165) is 0 Å². The van der Waals surface area contributed by atoms with Crippen molar-refractivity contribution in [2.45, 2.75) is 37.9 Å². The van der Waals surface area contributed by atoms with Crippen LogP contribution >= 0.6 is 0 Å². The van der Waals surface area contributed by atoms with Crippen LogP contribution < -0.4 is 0 Å². The minimum absolute atomic E-state index is 0.105. The van der Waals surface area contributed by atoms with Crippen molar-refractivity contribution < 1.29 is 19.7 Å². The van der Waals surface area contributed by atoms with Gasteiger partial charge in [0.2, 0.25) is 0 Å². The molecule has 1 aliphatic heterocycles. The molecule has 0 aliphatic carbocycles. The maximum atomic E-state index is 9.34. The normalized spacial score (nSPS) is 45.8. The Bertz CT molecular complexity index is 116. The minimum Gasteiger partial charge on any atom is -0.390 e. The molecule has 0 aromatic rings. The molecule has 1 saturated heterocycles. The summed E-state index contributed by atoms with van der Waals surface area (Å²) < 4.78 is 9.87. The fourth-order valence-corrected chi connectivity index (χ4v) is 1.31. The predicted octanol–water partition coefficient (Wildman–Crippen LogP) is -0.510. The number of hydrogen-bond acceptors (Lipinski definition) is 4. The van der Waals surface area contributed by atoms with Gasteiger partial charge < -0.3 is 19.7 Å². The molecule has 11 heavy (non-hydrogen) atoms. The van der Waals surface area contributed by atoms with Gasteiger partial charge in [0.1, 0.15) is 6.10 Å². The van der Waals surface area contributed by atoms with Crippen LogP contribution in [-0.4, -0.2) is 41.9 Å². The zero-order chi connectivity index (χ0) is 8.43. The second-order valence-electron chi connectivity index (χ2n) is 2.84. The van der Waals surface area contributed by atoms with Crippen molar-refractivity contribution in [2.75, 3.05) is 7.11 Å². The smallest absolute Gasteiger partial charge is 0.183 e. The van der Waals surface area contributed by atoms with Gasteiger partial charge in [-0.1, -0.05) is 0 Å². The average molecular weight is 162 g/mol. The summed E-state index contributed by atoms with van der Waals surface area (Å²) in [6.45, 7) is 1.80. The Morgan fingerprint density at radius 3 is 2.55 bits per heavy atom. The summed E-state index contributed by atoms with van der Waals surface area (Å²) in [6, 6.07) is 0. The van der Waals surface area contributed by atoms with Crippen LogP contribution in [0.4, 0.5) is 0 Å². The first-order valence-corrected chi connectivity index (χ1v) is 3.69. The van der Waals surface area contributed by atoms with Crippen LogP contribution in [0.1, 0.15) is 13.3 Å². The van der Waals surface area contributed by atoms with E-state index >= 15 is 0 Å². The molecule has 1 rings (SSSR count). The van der Waals surface area contributed by atoms with E-state index in [1.165, 1.54) is 7.11 Å². The van der Waals surface area contributed by atoms with Gasteiger partial charge in [-0.3, -0.25) is 0 Å². The summed E-state index contributed by atoms with van der Waals surface area (Å²) in [7, 11) is 1.44. The van der Waals surface area contributed by atoms with Gasteiger partial charge in [-0.25, -0.2) is 0 Å². The van der Waals surface area contributed by atoms with Crippen molar-refractivity contribution >= 4 is 0 Å². The van der Waals surface area contributed by atoms with Gasteiger partial charge >= 0.3 is 0 Å². The number of ether oxygens (including phenoxy) is 2. The van der Waals surface area contributed by atoms with Crippen molar-refractivity contribution in [3.8, 4) is 0 Å². The van der Waals surface area contributed by atoms with E-state index in [9.17, 15) is 10.2 Å². The summed E-state index contributed by atoms with van der Waals surface area (Å²) in [5, 5.41) is 18.5. The molecule has 0 radical (unpaired) electrons. The Hall–Kier alpha value is -0.160. The summed E-state index contributed by atoms with van der Waals surface area (Å²) in [4.78, 5) is 0. The van der Waals surface area contributed by atoms with Gasteiger partial charge in [0.15, 0.2) is 6.29 Å². The Morgan fingerprint density at radius 2 is 2.09 bits per heavy atom. The number of aliphatic hydroxyl groups is 2. The van der Waals surface area contributed by atoms with Crippen molar-refractivity contribution in [2.24, 2.45) is 0 Å². The maximum Gasteiger partial charge on any atom is 0.183 e. The van der Waals surface area contributed by atoms with Crippen LogP contribution in [0.2, 0.25) is 0 Å². The topological polar surface area (TPSA) is 58.9 Å². The molecule has 2 N–H and O–H groups in total. The molecule has 0 amide bonds. The molecule has 0 spiro atoms. The molecule has 4 nitrogen and oxygen atoms in total. The van der Waals surface area contributed by atoms with Crippen LogP contribution in [0.3, 0.4) is 0 Å². The molecule has 1 heterocycles. The first kappa shape index (κ1) is 8.93. The quantitative estimate of drug-likeness (QED) is 0.545. The van der Waals surface area contributed by atoms with Gasteiger partial charge in [0, 0.05) is 13.5 Å². The zero-order valence-electron chi connectivity index (χ0n) is 6.73. The van der Waals surface area contributed by atoms with Crippen molar-refractivity contribution in [1.82, 2.24) is 0 Å². The molecule has 3 unspecified atom stereocenters. The van der Waals surface area contributed by atoms with Gasteiger partial charge in [-0.2, -0.15) is 0 Å². The summed E-state index contributed by atoms with van der Waals surface area (Å²) in [6.07, 6.45) is -1.83. The lowest BCUT2D eigenvalue weighted by atomic mass is 10.0. The number of aliphatic hydroxyl groups excluding tert-OH is 2. The molecule has 0 saturated carbocycles. The van der Waals surface area contributed by atoms with Crippen LogP contribution in [0.25, 0.3) is 0 Å². The molecule has 0 aromatic carbocycles. The number of hydrogen-bond donors (Lipinski definition) is 2. The Balaban J connectivity index is 2.52. The largest absolute Gasteiger partial charge is 0.390 e. The van der Waals surface area contributed by atoms with Gasteiger partial charge in [-0.15, -0.1) is 0 Å². The van der Waals surface area contributed by atoms with Crippen LogP contribution in [0, 0.1) is 0 Å². The number of rotatable bonds is 1. The lowest BCUT2D eigenvalue weighted by Crippen LogP contribution is -2.48. The van der Waals surface area contributed by atoms with E-state index in [1.807, 2.05) is 0 Å². The van der Waals surface area contributed by atoms with Gasteiger partial charge in [-0.05, 0) is 6.92 Å². The van der Waals surface area contributed by atoms with E-state index in [1.54, 1.807) is 6.92 Å². The minimum atomic E-state index is -1.00. The van der Waals surface area contributed by atoms with Crippen LogP contribution in [0.15, 0.2) is 0 Å². The second-order valence-corrected chi connectivity index (χ2v) is 2.84. The van der Waals surface area contributed by atoms with Crippen molar-refractivity contribution in [3.63, 3.8) is 0 Å².